The van der Waals surface area contributed by atoms with Crippen LogP contribution in [-0.2, 0) is 4.79 Å². The van der Waals surface area contributed by atoms with Gasteiger partial charge in [-0.1, -0.05) is 42.5 Å². The predicted molar refractivity (Wildman–Crippen MR) is 84.0 cm³/mol. The van der Waals surface area contributed by atoms with Crippen molar-refractivity contribution in [1.29, 1.82) is 0 Å². The van der Waals surface area contributed by atoms with Gasteiger partial charge in [0.15, 0.2) is 0 Å². The second-order valence-electron chi connectivity index (χ2n) is 5.60. The van der Waals surface area contributed by atoms with Crippen LogP contribution in [0.15, 0.2) is 48.5 Å². The molecule has 1 N–H and O–H groups in total. The van der Waals surface area contributed by atoms with Crippen LogP contribution in [0.5, 0.6) is 0 Å². The van der Waals surface area contributed by atoms with Gasteiger partial charge >= 0.3 is 0 Å². The van der Waals surface area contributed by atoms with E-state index in [1.165, 1.54) is 6.07 Å². The summed E-state index contributed by atoms with van der Waals surface area (Å²) in [4.78, 5) is 12.1. The summed E-state index contributed by atoms with van der Waals surface area (Å²) in [6.45, 7) is 5.08. The molecule has 2 rings (SSSR count). The molecule has 3 nitrogen and oxygen atoms in total. The third kappa shape index (κ3) is 3.34. The van der Waals surface area contributed by atoms with Crippen molar-refractivity contribution in [3.05, 3.63) is 59.9 Å². The van der Waals surface area contributed by atoms with Crippen molar-refractivity contribution in [1.82, 2.24) is 5.06 Å². The van der Waals surface area contributed by atoms with Crippen molar-refractivity contribution in [3.63, 3.8) is 0 Å². The van der Waals surface area contributed by atoms with Crippen LogP contribution in [0.2, 0.25) is 0 Å². The van der Waals surface area contributed by atoms with Gasteiger partial charge in [-0.15, -0.1) is 0 Å². The number of halogens is 1. The van der Waals surface area contributed by atoms with Crippen molar-refractivity contribution in [2.45, 2.75) is 32.7 Å². The van der Waals surface area contributed by atoms with Gasteiger partial charge in [0.2, 0.25) is 0 Å². The van der Waals surface area contributed by atoms with Crippen LogP contribution in [0.4, 0.5) is 4.39 Å². The molecule has 2 aromatic rings. The third-order valence-electron chi connectivity index (χ3n) is 3.66. The average molecular weight is 301 g/mol. The first kappa shape index (κ1) is 16.2. The fourth-order valence-corrected chi connectivity index (χ4v) is 2.25. The van der Waals surface area contributed by atoms with Gasteiger partial charge in [-0.2, -0.15) is 0 Å². The molecule has 1 unspecified atom stereocenters. The molecule has 1 amide bonds. The van der Waals surface area contributed by atoms with Crippen LogP contribution in [0.25, 0.3) is 11.1 Å². The highest BCUT2D eigenvalue weighted by Crippen LogP contribution is 2.27. The molecule has 116 valence electrons. The van der Waals surface area contributed by atoms with E-state index in [0.29, 0.717) is 16.2 Å². The third-order valence-corrected chi connectivity index (χ3v) is 3.66. The van der Waals surface area contributed by atoms with E-state index in [1.807, 2.05) is 30.3 Å². The number of carbonyl (C=O) groups is 1. The molecule has 0 aromatic heterocycles. The largest absolute Gasteiger partial charge is 0.286 e. The van der Waals surface area contributed by atoms with Gasteiger partial charge in [0, 0.05) is 5.56 Å². The zero-order chi connectivity index (χ0) is 16.3. The van der Waals surface area contributed by atoms with Crippen LogP contribution < -0.4 is 0 Å². The molecule has 0 saturated heterocycles. The highest BCUT2D eigenvalue weighted by molar-refractivity contribution is 5.82. The fraction of sp³-hybridized carbons (Fsp3) is 0.278. The predicted octanol–water partition coefficient (Wildman–Crippen LogP) is 4.22. The lowest BCUT2D eigenvalue weighted by molar-refractivity contribution is -0.174. The first-order chi connectivity index (χ1) is 10.4. The maximum absolute atomic E-state index is 14.3. The minimum Gasteiger partial charge on any atom is -0.286 e. The number of benzene rings is 2. The lowest BCUT2D eigenvalue weighted by Gasteiger charge is -2.23. The molecule has 0 aliphatic carbocycles. The topological polar surface area (TPSA) is 40.5 Å². The molecule has 0 spiro atoms. The Bertz CT molecular complexity index is 655. The van der Waals surface area contributed by atoms with Crippen LogP contribution in [0, 0.1) is 5.82 Å². The molecule has 1 atom stereocenters. The first-order valence-corrected chi connectivity index (χ1v) is 7.28. The molecule has 0 aliphatic heterocycles. The summed E-state index contributed by atoms with van der Waals surface area (Å²) < 4.78 is 14.3. The maximum atomic E-state index is 14.3. The van der Waals surface area contributed by atoms with E-state index in [-0.39, 0.29) is 11.9 Å². The van der Waals surface area contributed by atoms with E-state index < -0.39 is 11.8 Å². The van der Waals surface area contributed by atoms with Crippen molar-refractivity contribution in [2.24, 2.45) is 0 Å². The Hall–Kier alpha value is -2.20. The van der Waals surface area contributed by atoms with E-state index in [9.17, 15) is 14.4 Å². The van der Waals surface area contributed by atoms with E-state index >= 15 is 0 Å². The zero-order valence-electron chi connectivity index (χ0n) is 13.0. The number of hydrogen-bond acceptors (Lipinski definition) is 2. The van der Waals surface area contributed by atoms with Gasteiger partial charge < -0.3 is 0 Å². The van der Waals surface area contributed by atoms with Gasteiger partial charge in [-0.05, 0) is 38.0 Å². The van der Waals surface area contributed by atoms with Crippen LogP contribution >= 0.6 is 0 Å². The van der Waals surface area contributed by atoms with Crippen LogP contribution in [-0.4, -0.2) is 22.2 Å². The zero-order valence-corrected chi connectivity index (χ0v) is 13.0. The molecule has 22 heavy (non-hydrogen) atoms. The number of carbonyl (C=O) groups excluding carboxylic acids is 1. The molecule has 2 aromatic carbocycles. The monoisotopic (exact) mass is 301 g/mol. The quantitative estimate of drug-likeness (QED) is 0.678. The molecular weight excluding hydrogens is 281 g/mol. The highest BCUT2D eigenvalue weighted by Gasteiger charge is 2.23. The number of amides is 1. The molecule has 0 radical (unpaired) electrons. The van der Waals surface area contributed by atoms with Gasteiger partial charge in [-0.25, -0.2) is 9.45 Å². The molecule has 0 heterocycles. The van der Waals surface area contributed by atoms with Gasteiger partial charge in [-0.3, -0.25) is 10.0 Å². The molecule has 0 bridgehead atoms. The number of rotatable bonds is 4. The SMILES string of the molecule is CC(C(=O)N(O)C(C)C)c1ccc(-c2ccccc2)c(F)c1. The Morgan fingerprint density at radius 3 is 2.27 bits per heavy atom. The Labute approximate surface area is 130 Å². The molecule has 4 heteroatoms. The normalized spacial score (nSPS) is 12.3. The number of hydrogen-bond donors (Lipinski definition) is 1. The standard InChI is InChI=1S/C18H20FNO2/c1-12(2)20(22)18(21)13(3)15-9-10-16(17(19)11-15)14-7-5-4-6-8-14/h4-13,22H,1-3H3. The molecule has 0 fully saturated rings. The van der Waals surface area contributed by atoms with Crippen molar-refractivity contribution in [2.75, 3.05) is 0 Å². The lowest BCUT2D eigenvalue weighted by atomic mass is 9.96. The first-order valence-electron chi connectivity index (χ1n) is 7.28. The lowest BCUT2D eigenvalue weighted by Crippen LogP contribution is -2.36. The number of hydroxylamine groups is 2. The maximum Gasteiger partial charge on any atom is 0.253 e. The highest BCUT2D eigenvalue weighted by atomic mass is 19.1. The molecule has 0 saturated carbocycles. The minimum absolute atomic E-state index is 0.316. The number of nitrogens with zero attached hydrogens (tertiary/aromatic N) is 1. The van der Waals surface area contributed by atoms with Gasteiger partial charge in [0.05, 0.1) is 12.0 Å². The summed E-state index contributed by atoms with van der Waals surface area (Å²) in [7, 11) is 0. The Morgan fingerprint density at radius 1 is 1.09 bits per heavy atom. The van der Waals surface area contributed by atoms with Crippen LogP contribution in [0.1, 0.15) is 32.3 Å². The van der Waals surface area contributed by atoms with Crippen molar-refractivity contribution >= 4 is 5.91 Å². The van der Waals surface area contributed by atoms with Gasteiger partial charge in [0.1, 0.15) is 5.82 Å². The summed E-state index contributed by atoms with van der Waals surface area (Å²) in [5.74, 6) is -1.43. The summed E-state index contributed by atoms with van der Waals surface area (Å²) in [5, 5.41) is 10.4. The molecule has 0 aliphatic rings. The van der Waals surface area contributed by atoms with Gasteiger partial charge in [0.25, 0.3) is 5.91 Å². The summed E-state index contributed by atoms with van der Waals surface area (Å²) in [6.07, 6.45) is 0. The Morgan fingerprint density at radius 2 is 1.73 bits per heavy atom. The second-order valence-corrected chi connectivity index (χ2v) is 5.60. The smallest absolute Gasteiger partial charge is 0.253 e. The second kappa shape index (κ2) is 6.71. The fourth-order valence-electron chi connectivity index (χ4n) is 2.25. The Balaban J connectivity index is 2.28. The molecular formula is C18H20FNO2. The van der Waals surface area contributed by atoms with Crippen molar-refractivity contribution in [3.8, 4) is 11.1 Å². The minimum atomic E-state index is -0.605. The van der Waals surface area contributed by atoms with E-state index in [1.54, 1.807) is 32.9 Å². The summed E-state index contributed by atoms with van der Waals surface area (Å²) in [5.41, 5.74) is 1.83. The average Bonchev–Trinajstić information content (AvgIpc) is 2.53. The summed E-state index contributed by atoms with van der Waals surface area (Å²) in [6, 6.07) is 13.7. The van der Waals surface area contributed by atoms with E-state index in [0.717, 1.165) is 5.56 Å². The Kier molecular flexibility index (Phi) is 4.93. The van der Waals surface area contributed by atoms with Crippen LogP contribution in [0.3, 0.4) is 0 Å². The van der Waals surface area contributed by atoms with Crippen molar-refractivity contribution < 1.29 is 14.4 Å². The summed E-state index contributed by atoms with van der Waals surface area (Å²) >= 11 is 0. The van der Waals surface area contributed by atoms with E-state index in [2.05, 4.69) is 0 Å². The van der Waals surface area contributed by atoms with E-state index in [4.69, 9.17) is 0 Å².